The Balaban J connectivity index is 1.35. The molecule has 6 aromatic rings. The molecule has 3 aliphatic heterocycles. The Labute approximate surface area is 316 Å². The lowest BCUT2D eigenvalue weighted by Gasteiger charge is -2.54. The maximum atomic E-state index is 7.19. The highest BCUT2D eigenvalue weighted by Gasteiger charge is 2.63. The Hall–Kier alpha value is -4.70. The molecule has 4 heteroatoms. The molecule has 266 valence electrons. The van der Waals surface area contributed by atoms with Crippen LogP contribution in [0.3, 0.4) is 0 Å². The van der Waals surface area contributed by atoms with E-state index in [1.165, 1.54) is 92.3 Å². The molecule has 0 amide bonds. The van der Waals surface area contributed by atoms with Gasteiger partial charge in [-0.1, -0.05) is 128 Å². The van der Waals surface area contributed by atoms with E-state index in [0.717, 1.165) is 17.2 Å². The Kier molecular flexibility index (Phi) is 6.65. The number of hydrogen-bond acceptors (Lipinski definition) is 3. The number of anilines is 4. The van der Waals surface area contributed by atoms with E-state index in [1.807, 2.05) is 0 Å². The summed E-state index contributed by atoms with van der Waals surface area (Å²) in [5.41, 5.74) is 18.3. The first kappa shape index (κ1) is 32.9. The fourth-order valence-electron chi connectivity index (χ4n) is 10.7. The second-order valence-corrected chi connectivity index (χ2v) is 19.0. The fourth-order valence-corrected chi connectivity index (χ4v) is 10.7. The monoisotopic (exact) mass is 694 g/mol. The molecule has 0 N–H and O–H groups in total. The van der Waals surface area contributed by atoms with E-state index in [9.17, 15) is 0 Å². The van der Waals surface area contributed by atoms with Gasteiger partial charge in [-0.2, -0.15) is 0 Å². The first-order chi connectivity index (χ1) is 25.2. The van der Waals surface area contributed by atoms with Crippen molar-refractivity contribution in [2.24, 2.45) is 0 Å². The normalized spacial score (nSPS) is 21.4. The van der Waals surface area contributed by atoms with Crippen LogP contribution in [0.2, 0.25) is 0 Å². The predicted molar refractivity (Wildman–Crippen MR) is 226 cm³/mol. The minimum absolute atomic E-state index is 0.00605. The van der Waals surface area contributed by atoms with E-state index in [4.69, 9.17) is 4.42 Å². The van der Waals surface area contributed by atoms with E-state index >= 15 is 0 Å². The van der Waals surface area contributed by atoms with Crippen LogP contribution in [-0.4, -0.2) is 12.4 Å². The molecule has 2 unspecified atom stereocenters. The van der Waals surface area contributed by atoms with Gasteiger partial charge in [0.25, 0.3) is 0 Å². The fraction of sp³-hybridized carbons (Fsp3) is 0.347. The van der Waals surface area contributed by atoms with Crippen molar-refractivity contribution in [3.05, 3.63) is 119 Å². The Morgan fingerprint density at radius 1 is 0.660 bits per heavy atom. The minimum Gasteiger partial charge on any atom is -0.440 e. The van der Waals surface area contributed by atoms with Crippen LogP contribution >= 0.6 is 0 Å². The van der Waals surface area contributed by atoms with Gasteiger partial charge in [-0.25, -0.2) is 0 Å². The Bertz CT molecular complexity index is 2500. The molecule has 3 nitrogen and oxygen atoms in total. The van der Waals surface area contributed by atoms with Gasteiger partial charge < -0.3 is 9.23 Å². The number of hydrogen-bond donors (Lipinski definition) is 0. The van der Waals surface area contributed by atoms with E-state index in [-0.39, 0.29) is 28.6 Å². The van der Waals surface area contributed by atoms with Crippen LogP contribution in [-0.2, 0) is 16.2 Å². The molecule has 4 aliphatic rings. The molecule has 0 spiro atoms. The van der Waals surface area contributed by atoms with Gasteiger partial charge in [-0.05, 0) is 107 Å². The minimum atomic E-state index is -0.0509. The highest BCUT2D eigenvalue weighted by molar-refractivity contribution is 6.94. The van der Waals surface area contributed by atoms with Crippen molar-refractivity contribution in [2.75, 3.05) is 9.71 Å². The number of para-hydroxylation sites is 1. The van der Waals surface area contributed by atoms with E-state index in [2.05, 4.69) is 169 Å². The summed E-state index contributed by atoms with van der Waals surface area (Å²) in [7, 11) is 0. The molecule has 5 aromatic carbocycles. The highest BCUT2D eigenvalue weighted by Crippen LogP contribution is 2.64. The molecular formula is C49H51BN2O. The maximum Gasteiger partial charge on any atom is 0.333 e. The maximum absolute atomic E-state index is 7.19. The number of fused-ring (bicyclic) bond motifs is 9. The summed E-state index contributed by atoms with van der Waals surface area (Å²) in [6.07, 6.45) is 4.92. The van der Waals surface area contributed by atoms with Crippen LogP contribution < -0.4 is 20.6 Å². The van der Waals surface area contributed by atoms with Gasteiger partial charge in [0.05, 0.1) is 5.69 Å². The quantitative estimate of drug-likeness (QED) is 0.168. The lowest BCUT2D eigenvalue weighted by Crippen LogP contribution is -2.70. The summed E-state index contributed by atoms with van der Waals surface area (Å²) in [4.78, 5) is 5.41. The number of rotatable bonds is 2. The molecule has 1 aromatic heterocycles. The Morgan fingerprint density at radius 2 is 1.36 bits per heavy atom. The van der Waals surface area contributed by atoms with Crippen molar-refractivity contribution in [3.63, 3.8) is 0 Å². The second-order valence-electron chi connectivity index (χ2n) is 19.0. The summed E-state index contributed by atoms with van der Waals surface area (Å²) >= 11 is 0. The Morgan fingerprint density at radius 3 is 2.11 bits per heavy atom. The molecule has 0 radical (unpaired) electrons. The molecule has 2 atom stereocenters. The van der Waals surface area contributed by atoms with Crippen LogP contribution in [0.5, 0.6) is 0 Å². The van der Waals surface area contributed by atoms with E-state index in [1.54, 1.807) is 5.56 Å². The lowest BCUT2D eigenvalue weighted by molar-refractivity contribution is 0.199. The summed E-state index contributed by atoms with van der Waals surface area (Å²) < 4.78 is 7.19. The molecule has 0 saturated heterocycles. The number of benzene rings is 5. The molecule has 0 bridgehead atoms. The standard InChI is InChI=1S/C49H51BN2O/c1-30-25-36-37-28-33(47(5,6)7)29-38-44(37)52(49(9)24-16-15-23-48(38,49)8)50-42(36)40(26-30)51(45-43(50)34-19-13-14-20-41(34)53-45)39-22-21-32(46(2,3)4)27-35(39)31-17-11-10-12-18-31/h10-14,17-22,25-29H,15-16,23-24H2,1-9H3. The second kappa shape index (κ2) is 10.7. The van der Waals surface area contributed by atoms with Crippen LogP contribution in [0.4, 0.5) is 22.9 Å². The SMILES string of the molecule is Cc1cc2c3c(c1)N(c1ccc(C(C)(C)C)cc1-c1ccccc1)c1oc4ccccc4c1B3N1c3c-2cc(C(C)(C)C)cc3C2(C)CCCCC12C. The van der Waals surface area contributed by atoms with Crippen LogP contribution in [0.25, 0.3) is 33.2 Å². The summed E-state index contributed by atoms with van der Waals surface area (Å²) in [5, 5.41) is 1.21. The van der Waals surface area contributed by atoms with Gasteiger partial charge in [-0.15, -0.1) is 0 Å². The highest BCUT2D eigenvalue weighted by atomic mass is 16.4. The van der Waals surface area contributed by atoms with Gasteiger partial charge in [0.2, 0.25) is 5.88 Å². The first-order valence-electron chi connectivity index (χ1n) is 19.9. The zero-order chi connectivity index (χ0) is 36.8. The van der Waals surface area contributed by atoms with E-state index in [0.29, 0.717) is 0 Å². The summed E-state index contributed by atoms with van der Waals surface area (Å²) in [6.45, 7) is 21.6. The number of aryl methyl sites for hydroxylation is 1. The van der Waals surface area contributed by atoms with Crippen LogP contribution in [0, 0.1) is 6.92 Å². The molecule has 4 heterocycles. The third kappa shape index (κ3) is 4.36. The topological polar surface area (TPSA) is 19.6 Å². The van der Waals surface area contributed by atoms with Gasteiger partial charge in [-0.3, -0.25) is 4.90 Å². The number of furan rings is 1. The third-order valence-electron chi connectivity index (χ3n) is 13.8. The van der Waals surface area contributed by atoms with Gasteiger partial charge >= 0.3 is 6.85 Å². The molecule has 1 fully saturated rings. The van der Waals surface area contributed by atoms with Crippen molar-refractivity contribution in [1.82, 2.24) is 0 Å². The first-order valence-corrected chi connectivity index (χ1v) is 19.9. The lowest BCUT2D eigenvalue weighted by atomic mass is 9.42. The molecule has 1 aliphatic carbocycles. The van der Waals surface area contributed by atoms with Crippen molar-refractivity contribution in [2.45, 2.75) is 110 Å². The van der Waals surface area contributed by atoms with Crippen LogP contribution in [0.15, 0.2) is 101 Å². The van der Waals surface area contributed by atoms with Crippen LogP contribution in [0.1, 0.15) is 103 Å². The number of nitrogens with zero attached hydrogens (tertiary/aromatic N) is 2. The van der Waals surface area contributed by atoms with Crippen molar-refractivity contribution < 1.29 is 4.42 Å². The van der Waals surface area contributed by atoms with Gasteiger partial charge in [0, 0.05) is 44.3 Å². The molecular weight excluding hydrogens is 643 g/mol. The molecule has 1 saturated carbocycles. The smallest absolute Gasteiger partial charge is 0.333 e. The average Bonchev–Trinajstić information content (AvgIpc) is 3.60. The summed E-state index contributed by atoms with van der Waals surface area (Å²) in [6, 6.07) is 36.9. The van der Waals surface area contributed by atoms with Crippen molar-refractivity contribution in [3.8, 4) is 22.3 Å². The average molecular weight is 695 g/mol. The third-order valence-corrected chi connectivity index (χ3v) is 13.8. The van der Waals surface area contributed by atoms with Crippen molar-refractivity contribution >= 4 is 51.7 Å². The summed E-state index contributed by atoms with van der Waals surface area (Å²) in [5.74, 6) is 0.949. The van der Waals surface area contributed by atoms with Gasteiger partial charge in [0.1, 0.15) is 5.58 Å². The van der Waals surface area contributed by atoms with Gasteiger partial charge in [0.15, 0.2) is 0 Å². The van der Waals surface area contributed by atoms with E-state index < -0.39 is 0 Å². The predicted octanol–water partition coefficient (Wildman–Crippen LogP) is 12.0. The zero-order valence-electron chi connectivity index (χ0n) is 32.9. The zero-order valence-corrected chi connectivity index (χ0v) is 32.9. The van der Waals surface area contributed by atoms with Crippen molar-refractivity contribution in [1.29, 1.82) is 0 Å². The molecule has 53 heavy (non-hydrogen) atoms. The largest absolute Gasteiger partial charge is 0.440 e. The molecule has 10 rings (SSSR count).